The van der Waals surface area contributed by atoms with Crippen LogP contribution in [0.1, 0.15) is 43.0 Å². The zero-order chi connectivity index (χ0) is 18.1. The van der Waals surface area contributed by atoms with Gasteiger partial charge in [0.15, 0.2) is 5.03 Å². The summed E-state index contributed by atoms with van der Waals surface area (Å²) in [7, 11) is 0. The van der Waals surface area contributed by atoms with Gasteiger partial charge in [-0.2, -0.15) is 5.26 Å². The number of nitrogens with one attached hydrogen (secondary N) is 1. The van der Waals surface area contributed by atoms with Crippen molar-refractivity contribution in [2.75, 3.05) is 0 Å². The number of aromatic nitrogens is 1. The molecule has 0 radical (unpaired) electrons. The van der Waals surface area contributed by atoms with Crippen molar-refractivity contribution in [1.29, 1.82) is 5.26 Å². The molecule has 1 aromatic carbocycles. The lowest BCUT2D eigenvalue weighted by atomic mass is 9.61. The van der Waals surface area contributed by atoms with Crippen LogP contribution in [-0.2, 0) is 0 Å². The van der Waals surface area contributed by atoms with Crippen LogP contribution in [0.4, 0.5) is 0 Å². The molecule has 4 nitrogen and oxygen atoms in total. The summed E-state index contributed by atoms with van der Waals surface area (Å²) in [5.74, 6) is 0.570. The predicted molar refractivity (Wildman–Crippen MR) is 108 cm³/mol. The van der Waals surface area contributed by atoms with E-state index in [9.17, 15) is 5.26 Å². The zero-order valence-corrected chi connectivity index (χ0v) is 16.1. The Morgan fingerprint density at radius 1 is 1.23 bits per heavy atom. The van der Waals surface area contributed by atoms with E-state index in [1.54, 1.807) is 11.3 Å². The molecule has 6 heteroatoms. The quantitative estimate of drug-likeness (QED) is 0.700. The third-order valence-electron chi connectivity index (χ3n) is 5.56. The van der Waals surface area contributed by atoms with Crippen molar-refractivity contribution in [3.05, 3.63) is 51.3 Å². The normalized spacial score (nSPS) is 22.2. The van der Waals surface area contributed by atoms with Crippen LogP contribution in [-0.4, -0.2) is 10.8 Å². The SMILES string of the molecule is N#CC1=C(S)[NH+]=C(N)[C@@H](c2nc(-c3ccccc3)cs2)C12CCCCC2. The molecule has 1 aliphatic carbocycles. The van der Waals surface area contributed by atoms with E-state index in [-0.39, 0.29) is 11.3 Å². The van der Waals surface area contributed by atoms with E-state index in [4.69, 9.17) is 10.7 Å². The summed E-state index contributed by atoms with van der Waals surface area (Å²) in [6.07, 6.45) is 5.32. The van der Waals surface area contributed by atoms with Crippen LogP contribution in [0, 0.1) is 16.7 Å². The maximum Gasteiger partial charge on any atom is 0.257 e. The second kappa shape index (κ2) is 6.90. The van der Waals surface area contributed by atoms with Gasteiger partial charge in [0, 0.05) is 16.4 Å². The Morgan fingerprint density at radius 2 is 1.96 bits per heavy atom. The van der Waals surface area contributed by atoms with Gasteiger partial charge in [0.2, 0.25) is 0 Å². The molecule has 2 heterocycles. The lowest BCUT2D eigenvalue weighted by Gasteiger charge is -2.42. The maximum atomic E-state index is 9.85. The van der Waals surface area contributed by atoms with E-state index >= 15 is 0 Å². The van der Waals surface area contributed by atoms with Crippen LogP contribution in [0.25, 0.3) is 11.3 Å². The number of nitrogens with zero attached hydrogens (tertiary/aromatic N) is 2. The average Bonchev–Trinajstić information content (AvgIpc) is 3.12. The van der Waals surface area contributed by atoms with Crippen LogP contribution in [0.15, 0.2) is 46.3 Å². The number of nitrogens with two attached hydrogens (primary N) is 1. The van der Waals surface area contributed by atoms with Crippen LogP contribution in [0.3, 0.4) is 0 Å². The van der Waals surface area contributed by atoms with Crippen molar-refractivity contribution in [1.82, 2.24) is 4.98 Å². The summed E-state index contributed by atoms with van der Waals surface area (Å²) in [5, 5.41) is 13.5. The van der Waals surface area contributed by atoms with Gasteiger partial charge in [-0.05, 0) is 12.8 Å². The number of nitriles is 1. The lowest BCUT2D eigenvalue weighted by molar-refractivity contribution is -0.391. The van der Waals surface area contributed by atoms with Gasteiger partial charge in [-0.1, -0.05) is 49.6 Å². The third-order valence-corrected chi connectivity index (χ3v) is 6.80. The van der Waals surface area contributed by atoms with E-state index in [0.29, 0.717) is 10.9 Å². The van der Waals surface area contributed by atoms with Gasteiger partial charge >= 0.3 is 0 Å². The van der Waals surface area contributed by atoms with Crippen molar-refractivity contribution in [3.63, 3.8) is 0 Å². The van der Waals surface area contributed by atoms with Crippen molar-refractivity contribution in [2.45, 2.75) is 38.0 Å². The monoisotopic (exact) mass is 381 g/mol. The van der Waals surface area contributed by atoms with E-state index in [1.165, 1.54) is 6.42 Å². The van der Waals surface area contributed by atoms with Gasteiger partial charge in [-0.3, -0.25) is 5.73 Å². The standard InChI is InChI=1S/C20H20N4S2/c21-11-14-18(25)24-17(22)16(20(14)9-5-2-6-10-20)19-23-15(12-26-19)13-7-3-1-4-8-13/h1,3-4,7-8,12,16,25H,2,5-6,9-10H2,(H2,22,24)/p+1/t16-/m0/s1. The van der Waals surface area contributed by atoms with Crippen molar-refractivity contribution in [2.24, 2.45) is 11.1 Å². The molecule has 26 heavy (non-hydrogen) atoms. The van der Waals surface area contributed by atoms with Crippen molar-refractivity contribution >= 4 is 29.8 Å². The van der Waals surface area contributed by atoms with Gasteiger partial charge in [0.05, 0.1) is 11.3 Å². The first-order chi connectivity index (χ1) is 12.7. The molecule has 3 N–H and O–H groups in total. The van der Waals surface area contributed by atoms with Gasteiger partial charge in [0.25, 0.3) is 5.84 Å². The van der Waals surface area contributed by atoms with E-state index in [1.807, 2.05) is 18.2 Å². The lowest BCUT2D eigenvalue weighted by Crippen LogP contribution is -2.77. The van der Waals surface area contributed by atoms with Crippen LogP contribution < -0.4 is 10.7 Å². The predicted octanol–water partition coefficient (Wildman–Crippen LogP) is 2.96. The minimum atomic E-state index is -0.286. The molecule has 2 aliphatic rings. The molecule has 132 valence electrons. The molecule has 4 rings (SSSR count). The van der Waals surface area contributed by atoms with Crippen molar-refractivity contribution in [3.8, 4) is 17.3 Å². The largest absolute Gasteiger partial charge is 0.290 e. The second-order valence-electron chi connectivity index (χ2n) is 7.00. The Bertz CT molecular complexity index is 915. The summed E-state index contributed by atoms with van der Waals surface area (Å²) in [6.45, 7) is 0. The summed E-state index contributed by atoms with van der Waals surface area (Å²) in [6, 6.07) is 12.6. The smallest absolute Gasteiger partial charge is 0.257 e. The number of thiazole rings is 1. The fourth-order valence-corrected chi connectivity index (χ4v) is 5.83. The second-order valence-corrected chi connectivity index (χ2v) is 8.34. The molecule has 0 unspecified atom stereocenters. The Morgan fingerprint density at radius 3 is 2.65 bits per heavy atom. The number of benzene rings is 1. The molecule has 2 aromatic rings. The molecule has 1 aromatic heterocycles. The molecular formula is C20H21N4S2+. The number of hydrogen-bond donors (Lipinski definition) is 3. The Hall–Kier alpha value is -2.10. The minimum Gasteiger partial charge on any atom is -0.290 e. The molecule has 1 atom stereocenters. The summed E-state index contributed by atoms with van der Waals surface area (Å²) >= 11 is 6.15. The Labute approximate surface area is 162 Å². The minimum absolute atomic E-state index is 0.0872. The van der Waals surface area contributed by atoms with E-state index in [2.05, 4.69) is 41.2 Å². The number of thiol groups is 1. The summed E-state index contributed by atoms with van der Waals surface area (Å²) in [4.78, 5) is 8.05. The average molecular weight is 382 g/mol. The van der Waals surface area contributed by atoms with Gasteiger partial charge in [-0.25, -0.2) is 9.98 Å². The topological polar surface area (TPSA) is 76.7 Å². The highest BCUT2D eigenvalue weighted by atomic mass is 32.1. The highest BCUT2D eigenvalue weighted by Gasteiger charge is 2.52. The molecule has 1 aliphatic heterocycles. The molecular weight excluding hydrogens is 360 g/mol. The number of amidine groups is 1. The molecule has 0 bridgehead atoms. The van der Waals surface area contributed by atoms with Gasteiger partial charge in [0.1, 0.15) is 17.0 Å². The highest BCUT2D eigenvalue weighted by Crippen LogP contribution is 2.54. The maximum absolute atomic E-state index is 9.85. The molecule has 0 amide bonds. The summed E-state index contributed by atoms with van der Waals surface area (Å²) < 4.78 is 0. The van der Waals surface area contributed by atoms with E-state index < -0.39 is 0 Å². The van der Waals surface area contributed by atoms with Gasteiger partial charge in [-0.15, -0.1) is 24.0 Å². The van der Waals surface area contributed by atoms with E-state index in [0.717, 1.165) is 47.5 Å². The van der Waals surface area contributed by atoms with Crippen LogP contribution in [0.5, 0.6) is 0 Å². The first-order valence-corrected chi connectivity index (χ1v) is 10.2. The highest BCUT2D eigenvalue weighted by molar-refractivity contribution is 7.84. The molecule has 1 fully saturated rings. The number of allylic oxidation sites excluding steroid dienone is 1. The van der Waals surface area contributed by atoms with Crippen molar-refractivity contribution < 1.29 is 4.99 Å². The zero-order valence-electron chi connectivity index (χ0n) is 14.4. The third kappa shape index (κ3) is 2.76. The first-order valence-electron chi connectivity index (χ1n) is 8.90. The summed E-state index contributed by atoms with van der Waals surface area (Å²) in [5.41, 5.74) is 8.96. The number of rotatable bonds is 2. The first kappa shape index (κ1) is 17.3. The van der Waals surface area contributed by atoms with Crippen LogP contribution >= 0.6 is 24.0 Å². The Kier molecular flexibility index (Phi) is 4.60. The fourth-order valence-electron chi connectivity index (χ4n) is 4.37. The number of hydrogen-bond acceptors (Lipinski definition) is 5. The fraction of sp³-hybridized carbons (Fsp3) is 0.350. The Balaban J connectivity index is 1.81. The molecule has 0 saturated heterocycles. The van der Waals surface area contributed by atoms with Gasteiger partial charge < -0.3 is 0 Å². The van der Waals surface area contributed by atoms with Crippen LogP contribution in [0.2, 0.25) is 0 Å². The molecule has 1 saturated carbocycles. The molecule has 1 spiro atoms.